The van der Waals surface area contributed by atoms with E-state index in [0.29, 0.717) is 15.8 Å². The van der Waals surface area contributed by atoms with E-state index in [-0.39, 0.29) is 11.0 Å². The first-order valence-corrected chi connectivity index (χ1v) is 11.0. The van der Waals surface area contributed by atoms with E-state index in [0.717, 1.165) is 28.9 Å². The molecule has 1 aliphatic rings. The Labute approximate surface area is 187 Å². The highest BCUT2D eigenvalue weighted by Crippen LogP contribution is 2.33. The number of ether oxygens (including phenoxy) is 1. The predicted molar refractivity (Wildman–Crippen MR) is 125 cm³/mol. The Morgan fingerprint density at radius 2 is 1.86 bits per heavy atom. The van der Waals surface area contributed by atoms with Gasteiger partial charge in [0.1, 0.15) is 5.75 Å². The Morgan fingerprint density at radius 1 is 1.14 bits per heavy atom. The van der Waals surface area contributed by atoms with Gasteiger partial charge in [-0.1, -0.05) is 28.1 Å². The maximum atomic E-state index is 12.7. The number of nitrogens with one attached hydrogen (secondary N) is 2. The number of anilines is 2. The van der Waals surface area contributed by atoms with E-state index in [9.17, 15) is 4.79 Å². The molecule has 1 aliphatic heterocycles. The summed E-state index contributed by atoms with van der Waals surface area (Å²) in [5, 5.41) is 6.16. The van der Waals surface area contributed by atoms with Crippen LogP contribution in [0.25, 0.3) is 0 Å². The number of hydrogen-bond acceptors (Lipinski definition) is 4. The first-order chi connectivity index (χ1) is 13.5. The minimum Gasteiger partial charge on any atom is -0.495 e. The fourth-order valence-corrected chi connectivity index (χ4v) is 4.84. The van der Waals surface area contributed by atoms with Gasteiger partial charge in [-0.15, -0.1) is 0 Å². The van der Waals surface area contributed by atoms with Crippen LogP contribution in [0.4, 0.5) is 11.4 Å². The SMILES string of the molecule is COc1c(Br)cc(Br)cc1C(=O)NC(=S)Nc1ccccc1N1CCCCC1. The van der Waals surface area contributed by atoms with Gasteiger partial charge >= 0.3 is 0 Å². The van der Waals surface area contributed by atoms with E-state index in [1.54, 1.807) is 6.07 Å². The molecule has 1 amide bonds. The van der Waals surface area contributed by atoms with Crippen LogP contribution in [-0.2, 0) is 0 Å². The highest BCUT2D eigenvalue weighted by atomic mass is 79.9. The summed E-state index contributed by atoms with van der Waals surface area (Å²) in [6.45, 7) is 2.06. The Bertz CT molecular complexity index is 886. The molecule has 28 heavy (non-hydrogen) atoms. The molecule has 2 aromatic rings. The highest BCUT2D eigenvalue weighted by molar-refractivity contribution is 9.11. The predicted octanol–water partition coefficient (Wildman–Crippen LogP) is 5.34. The van der Waals surface area contributed by atoms with E-state index in [1.807, 2.05) is 24.3 Å². The topological polar surface area (TPSA) is 53.6 Å². The molecular formula is C20H21Br2N3O2S. The summed E-state index contributed by atoms with van der Waals surface area (Å²) in [6, 6.07) is 11.5. The summed E-state index contributed by atoms with van der Waals surface area (Å²) >= 11 is 12.2. The maximum Gasteiger partial charge on any atom is 0.261 e. The smallest absolute Gasteiger partial charge is 0.261 e. The molecule has 1 saturated heterocycles. The number of hydrogen-bond donors (Lipinski definition) is 2. The zero-order valence-corrected chi connectivity index (χ0v) is 19.4. The molecule has 3 rings (SSSR count). The van der Waals surface area contributed by atoms with Crippen molar-refractivity contribution in [2.45, 2.75) is 19.3 Å². The van der Waals surface area contributed by atoms with Crippen LogP contribution in [0.3, 0.4) is 0 Å². The molecule has 0 saturated carbocycles. The number of carbonyl (C=O) groups excluding carboxylic acids is 1. The lowest BCUT2D eigenvalue weighted by atomic mass is 10.1. The average molecular weight is 527 g/mol. The zero-order chi connectivity index (χ0) is 20.1. The number of thiocarbonyl (C=S) groups is 1. The van der Waals surface area contributed by atoms with Gasteiger partial charge in [0.05, 0.1) is 28.5 Å². The summed E-state index contributed by atoms with van der Waals surface area (Å²) in [5.41, 5.74) is 2.37. The number of carbonyl (C=O) groups is 1. The third kappa shape index (κ3) is 5.04. The van der Waals surface area contributed by atoms with Gasteiger partial charge in [0.15, 0.2) is 5.11 Å². The van der Waals surface area contributed by atoms with Crippen molar-refractivity contribution in [1.29, 1.82) is 0 Å². The summed E-state index contributed by atoms with van der Waals surface area (Å²) in [5.74, 6) is 0.115. The van der Waals surface area contributed by atoms with Crippen molar-refractivity contribution >= 4 is 66.5 Å². The normalized spacial score (nSPS) is 13.8. The molecule has 0 spiro atoms. The third-order valence-corrected chi connectivity index (χ3v) is 5.78. The first kappa shape index (κ1) is 21.1. The molecule has 0 aromatic heterocycles. The molecule has 0 bridgehead atoms. The van der Waals surface area contributed by atoms with Gasteiger partial charge in [-0.2, -0.15) is 0 Å². The number of methoxy groups -OCH3 is 1. The lowest BCUT2D eigenvalue weighted by Crippen LogP contribution is -2.35. The number of benzene rings is 2. The summed E-state index contributed by atoms with van der Waals surface area (Å²) in [4.78, 5) is 15.1. The molecule has 0 aliphatic carbocycles. The van der Waals surface area contributed by atoms with Crippen molar-refractivity contribution in [2.75, 3.05) is 30.4 Å². The van der Waals surface area contributed by atoms with Crippen molar-refractivity contribution in [3.05, 3.63) is 50.9 Å². The highest BCUT2D eigenvalue weighted by Gasteiger charge is 2.19. The Morgan fingerprint density at radius 3 is 2.57 bits per heavy atom. The lowest BCUT2D eigenvalue weighted by molar-refractivity contribution is 0.0974. The van der Waals surface area contributed by atoms with Crippen molar-refractivity contribution in [3.63, 3.8) is 0 Å². The molecule has 8 heteroatoms. The Hall–Kier alpha value is -1.64. The third-order valence-electron chi connectivity index (χ3n) is 4.53. The zero-order valence-electron chi connectivity index (χ0n) is 15.4. The standard InChI is InChI=1S/C20H21Br2N3O2S/c1-27-18-14(11-13(21)12-15(18)22)19(26)24-20(28)23-16-7-3-4-8-17(16)25-9-5-2-6-10-25/h3-4,7-8,11-12H,2,5-6,9-10H2,1H3,(H2,23,24,26,28). The number of rotatable bonds is 4. The van der Waals surface area contributed by atoms with Gasteiger partial charge < -0.3 is 15.0 Å². The van der Waals surface area contributed by atoms with Gasteiger partial charge in [0, 0.05) is 17.6 Å². The second-order valence-corrected chi connectivity index (χ2v) is 8.62. The van der Waals surface area contributed by atoms with Crippen LogP contribution in [0.5, 0.6) is 5.75 Å². The van der Waals surface area contributed by atoms with Gasteiger partial charge in [0.25, 0.3) is 5.91 Å². The Kier molecular flexibility index (Phi) is 7.31. The summed E-state index contributed by atoms with van der Waals surface area (Å²) in [6.07, 6.45) is 3.64. The van der Waals surface area contributed by atoms with E-state index < -0.39 is 0 Å². The van der Waals surface area contributed by atoms with E-state index in [1.165, 1.54) is 26.4 Å². The minimum absolute atomic E-state index is 0.243. The number of para-hydroxylation sites is 2. The molecular weight excluding hydrogens is 506 g/mol. The summed E-state index contributed by atoms with van der Waals surface area (Å²) < 4.78 is 6.80. The first-order valence-electron chi connectivity index (χ1n) is 8.99. The molecule has 1 heterocycles. The van der Waals surface area contributed by atoms with E-state index in [2.05, 4.69) is 53.5 Å². The lowest BCUT2D eigenvalue weighted by Gasteiger charge is -2.30. The minimum atomic E-state index is -0.341. The fraction of sp³-hybridized carbons (Fsp3) is 0.300. The van der Waals surface area contributed by atoms with Gasteiger partial charge in [0.2, 0.25) is 0 Å². The van der Waals surface area contributed by atoms with Crippen LogP contribution in [-0.4, -0.2) is 31.2 Å². The van der Waals surface area contributed by atoms with Crippen molar-refractivity contribution in [3.8, 4) is 5.75 Å². The quantitative estimate of drug-likeness (QED) is 0.527. The number of halogens is 2. The second kappa shape index (κ2) is 9.71. The van der Waals surface area contributed by atoms with Crippen molar-refractivity contribution in [2.24, 2.45) is 0 Å². The second-order valence-electron chi connectivity index (χ2n) is 6.44. The van der Waals surface area contributed by atoms with Crippen LogP contribution in [0, 0.1) is 0 Å². The molecule has 0 radical (unpaired) electrons. The van der Waals surface area contributed by atoms with Crippen LogP contribution in [0.2, 0.25) is 0 Å². The molecule has 2 aromatic carbocycles. The molecule has 0 atom stereocenters. The fourth-order valence-electron chi connectivity index (χ4n) is 3.25. The molecule has 5 nitrogen and oxygen atoms in total. The molecule has 0 unspecified atom stereocenters. The summed E-state index contributed by atoms with van der Waals surface area (Å²) in [7, 11) is 1.52. The van der Waals surface area contributed by atoms with Crippen molar-refractivity contribution < 1.29 is 9.53 Å². The molecule has 148 valence electrons. The van der Waals surface area contributed by atoms with Crippen LogP contribution < -0.4 is 20.3 Å². The van der Waals surface area contributed by atoms with Gasteiger partial charge in [-0.25, -0.2) is 0 Å². The molecule has 1 fully saturated rings. The van der Waals surface area contributed by atoms with Crippen LogP contribution >= 0.6 is 44.1 Å². The van der Waals surface area contributed by atoms with Crippen LogP contribution in [0.15, 0.2) is 45.3 Å². The molecule has 2 N–H and O–H groups in total. The van der Waals surface area contributed by atoms with Crippen LogP contribution in [0.1, 0.15) is 29.6 Å². The van der Waals surface area contributed by atoms with Gasteiger partial charge in [-0.05, 0) is 71.7 Å². The Balaban J connectivity index is 1.74. The average Bonchev–Trinajstić information content (AvgIpc) is 2.68. The van der Waals surface area contributed by atoms with Crippen molar-refractivity contribution in [1.82, 2.24) is 5.32 Å². The van der Waals surface area contributed by atoms with E-state index >= 15 is 0 Å². The number of amides is 1. The monoisotopic (exact) mass is 525 g/mol. The number of nitrogens with zero attached hydrogens (tertiary/aromatic N) is 1. The maximum absolute atomic E-state index is 12.7. The largest absolute Gasteiger partial charge is 0.495 e. The van der Waals surface area contributed by atoms with Gasteiger partial charge in [-0.3, -0.25) is 10.1 Å². The number of piperidine rings is 1. The van der Waals surface area contributed by atoms with E-state index in [4.69, 9.17) is 17.0 Å².